The monoisotopic (exact) mass is 277 g/mol. The molecule has 0 spiro atoms. The summed E-state index contributed by atoms with van der Waals surface area (Å²) in [6.07, 6.45) is 2.11. The van der Waals surface area contributed by atoms with Crippen molar-refractivity contribution in [2.24, 2.45) is 5.73 Å². The van der Waals surface area contributed by atoms with Crippen molar-refractivity contribution < 1.29 is 4.74 Å². The molecule has 1 atom stereocenters. The normalized spacial score (nSPS) is 18.2. The molecule has 1 aromatic carbocycles. The highest BCUT2D eigenvalue weighted by atomic mass is 16.5. The highest BCUT2D eigenvalue weighted by molar-refractivity contribution is 5.46. The number of hydrogen-bond acceptors (Lipinski definition) is 4. The van der Waals surface area contributed by atoms with Crippen molar-refractivity contribution in [2.75, 3.05) is 51.3 Å². The molecule has 0 bridgehead atoms. The lowest BCUT2D eigenvalue weighted by Crippen LogP contribution is -2.49. The highest BCUT2D eigenvalue weighted by Crippen LogP contribution is 2.15. The number of rotatable bonds is 7. The van der Waals surface area contributed by atoms with Crippen molar-refractivity contribution in [3.05, 3.63) is 30.3 Å². The molecule has 2 rings (SSSR count). The van der Waals surface area contributed by atoms with Gasteiger partial charge in [0.05, 0.1) is 0 Å². The van der Waals surface area contributed by atoms with Gasteiger partial charge in [0.25, 0.3) is 0 Å². The molecule has 0 saturated carbocycles. The van der Waals surface area contributed by atoms with Gasteiger partial charge in [0, 0.05) is 58.2 Å². The van der Waals surface area contributed by atoms with Gasteiger partial charge < -0.3 is 15.4 Å². The first kappa shape index (κ1) is 15.3. The second-order valence-corrected chi connectivity index (χ2v) is 5.52. The van der Waals surface area contributed by atoms with E-state index in [1.807, 2.05) is 0 Å². The lowest BCUT2D eigenvalue weighted by molar-refractivity contribution is 0.183. The molecule has 1 aliphatic heterocycles. The van der Waals surface area contributed by atoms with E-state index in [4.69, 9.17) is 10.5 Å². The zero-order valence-electron chi connectivity index (χ0n) is 12.5. The van der Waals surface area contributed by atoms with Crippen LogP contribution in [0.2, 0.25) is 0 Å². The van der Waals surface area contributed by atoms with E-state index in [0.29, 0.717) is 0 Å². The van der Waals surface area contributed by atoms with E-state index in [0.717, 1.165) is 52.2 Å². The maximum atomic E-state index is 6.18. The van der Waals surface area contributed by atoms with Gasteiger partial charge in [-0.05, 0) is 25.0 Å². The maximum absolute atomic E-state index is 6.18. The van der Waals surface area contributed by atoms with Crippen LogP contribution in [0, 0.1) is 0 Å². The number of ether oxygens (including phenoxy) is 1. The summed E-state index contributed by atoms with van der Waals surface area (Å²) < 4.78 is 5.07. The van der Waals surface area contributed by atoms with Crippen molar-refractivity contribution in [3.8, 4) is 0 Å². The summed E-state index contributed by atoms with van der Waals surface area (Å²) in [5.74, 6) is 0. The molecule has 1 heterocycles. The van der Waals surface area contributed by atoms with Crippen LogP contribution in [0.3, 0.4) is 0 Å². The molecule has 1 aromatic rings. The predicted molar refractivity (Wildman–Crippen MR) is 84.2 cm³/mol. The zero-order chi connectivity index (χ0) is 14.2. The minimum absolute atomic E-state index is 0.272. The molecule has 1 saturated heterocycles. The van der Waals surface area contributed by atoms with E-state index >= 15 is 0 Å². The average molecular weight is 277 g/mol. The Morgan fingerprint density at radius 2 is 1.85 bits per heavy atom. The van der Waals surface area contributed by atoms with Crippen molar-refractivity contribution >= 4 is 5.69 Å². The third kappa shape index (κ3) is 4.78. The SMILES string of the molecule is COCCCC(N)CN1CCN(c2ccccc2)CC1. The predicted octanol–water partition coefficient (Wildman–Crippen LogP) is 1.56. The van der Waals surface area contributed by atoms with Crippen molar-refractivity contribution in [2.45, 2.75) is 18.9 Å². The highest BCUT2D eigenvalue weighted by Gasteiger charge is 2.18. The van der Waals surface area contributed by atoms with Gasteiger partial charge in [0.2, 0.25) is 0 Å². The van der Waals surface area contributed by atoms with Gasteiger partial charge in [-0.15, -0.1) is 0 Å². The van der Waals surface area contributed by atoms with Crippen LogP contribution in [-0.4, -0.2) is 57.4 Å². The molecule has 1 fully saturated rings. The molecule has 112 valence electrons. The van der Waals surface area contributed by atoms with Crippen LogP contribution in [-0.2, 0) is 4.74 Å². The molecule has 0 radical (unpaired) electrons. The second kappa shape index (κ2) is 8.25. The molecule has 0 aromatic heterocycles. The number of nitrogens with zero attached hydrogens (tertiary/aromatic N) is 2. The number of hydrogen-bond donors (Lipinski definition) is 1. The summed E-state index contributed by atoms with van der Waals surface area (Å²) in [5.41, 5.74) is 7.51. The summed E-state index contributed by atoms with van der Waals surface area (Å²) in [4.78, 5) is 4.93. The van der Waals surface area contributed by atoms with Gasteiger partial charge in [0.1, 0.15) is 0 Å². The molecule has 4 heteroatoms. The third-order valence-electron chi connectivity index (χ3n) is 3.91. The fourth-order valence-corrected chi connectivity index (χ4v) is 2.74. The summed E-state index contributed by atoms with van der Waals surface area (Å²) in [5, 5.41) is 0. The minimum atomic E-state index is 0.272. The molecular weight excluding hydrogens is 250 g/mol. The van der Waals surface area contributed by atoms with E-state index < -0.39 is 0 Å². The molecule has 2 N–H and O–H groups in total. The Kier molecular flexibility index (Phi) is 6.30. The van der Waals surface area contributed by atoms with Gasteiger partial charge >= 0.3 is 0 Å². The molecule has 4 nitrogen and oxygen atoms in total. The molecule has 0 aliphatic carbocycles. The molecule has 1 unspecified atom stereocenters. The van der Waals surface area contributed by atoms with Crippen molar-refractivity contribution in [1.82, 2.24) is 4.90 Å². The number of benzene rings is 1. The van der Waals surface area contributed by atoms with Gasteiger partial charge in [0.15, 0.2) is 0 Å². The Balaban J connectivity index is 1.69. The quantitative estimate of drug-likeness (QED) is 0.768. The first-order chi connectivity index (χ1) is 9.79. The van der Waals surface area contributed by atoms with Crippen LogP contribution in [0.1, 0.15) is 12.8 Å². The van der Waals surface area contributed by atoms with Crippen LogP contribution in [0.15, 0.2) is 30.3 Å². The van der Waals surface area contributed by atoms with Crippen molar-refractivity contribution in [3.63, 3.8) is 0 Å². The molecule has 1 aliphatic rings. The number of nitrogens with two attached hydrogens (primary N) is 1. The van der Waals surface area contributed by atoms with E-state index in [9.17, 15) is 0 Å². The fraction of sp³-hybridized carbons (Fsp3) is 0.625. The Bertz CT molecular complexity index is 363. The van der Waals surface area contributed by atoms with Crippen LogP contribution in [0.25, 0.3) is 0 Å². The first-order valence-electron chi connectivity index (χ1n) is 7.56. The Hall–Kier alpha value is -1.10. The summed E-state index contributed by atoms with van der Waals surface area (Å²) in [6.45, 7) is 6.21. The van der Waals surface area contributed by atoms with Gasteiger partial charge in [-0.3, -0.25) is 4.90 Å². The number of anilines is 1. The minimum Gasteiger partial charge on any atom is -0.385 e. The smallest absolute Gasteiger partial charge is 0.0462 e. The van der Waals surface area contributed by atoms with E-state index in [-0.39, 0.29) is 6.04 Å². The van der Waals surface area contributed by atoms with Crippen LogP contribution >= 0.6 is 0 Å². The molecular formula is C16H27N3O. The zero-order valence-corrected chi connectivity index (χ0v) is 12.5. The third-order valence-corrected chi connectivity index (χ3v) is 3.91. The summed E-state index contributed by atoms with van der Waals surface area (Å²) >= 11 is 0. The Labute approximate surface area is 122 Å². The summed E-state index contributed by atoms with van der Waals surface area (Å²) in [7, 11) is 1.74. The first-order valence-corrected chi connectivity index (χ1v) is 7.56. The van der Waals surface area contributed by atoms with Crippen molar-refractivity contribution in [1.29, 1.82) is 0 Å². The van der Waals surface area contributed by atoms with Gasteiger partial charge in [-0.2, -0.15) is 0 Å². The number of methoxy groups -OCH3 is 1. The topological polar surface area (TPSA) is 41.7 Å². The van der Waals surface area contributed by atoms with Gasteiger partial charge in [-0.1, -0.05) is 18.2 Å². The standard InChI is InChI=1S/C16H27N3O/c1-20-13-5-6-15(17)14-18-9-11-19(12-10-18)16-7-3-2-4-8-16/h2-4,7-8,15H,5-6,9-14,17H2,1H3. The average Bonchev–Trinajstić information content (AvgIpc) is 2.49. The Morgan fingerprint density at radius 3 is 2.50 bits per heavy atom. The lowest BCUT2D eigenvalue weighted by Gasteiger charge is -2.37. The second-order valence-electron chi connectivity index (χ2n) is 5.52. The van der Waals surface area contributed by atoms with E-state index in [1.165, 1.54) is 5.69 Å². The van der Waals surface area contributed by atoms with E-state index in [2.05, 4.69) is 40.1 Å². The van der Waals surface area contributed by atoms with Crippen LogP contribution < -0.4 is 10.6 Å². The van der Waals surface area contributed by atoms with Crippen LogP contribution in [0.5, 0.6) is 0 Å². The van der Waals surface area contributed by atoms with E-state index in [1.54, 1.807) is 7.11 Å². The maximum Gasteiger partial charge on any atom is 0.0462 e. The number of piperazine rings is 1. The molecule has 0 amide bonds. The lowest BCUT2D eigenvalue weighted by atomic mass is 10.1. The van der Waals surface area contributed by atoms with Gasteiger partial charge in [-0.25, -0.2) is 0 Å². The Morgan fingerprint density at radius 1 is 1.15 bits per heavy atom. The fourth-order valence-electron chi connectivity index (χ4n) is 2.74. The summed E-state index contributed by atoms with van der Waals surface area (Å²) in [6, 6.07) is 10.9. The molecule has 20 heavy (non-hydrogen) atoms. The largest absolute Gasteiger partial charge is 0.385 e. The van der Waals surface area contributed by atoms with Crippen LogP contribution in [0.4, 0.5) is 5.69 Å². The number of para-hydroxylation sites is 1.